The van der Waals surface area contributed by atoms with E-state index in [2.05, 4.69) is 15.0 Å². The number of alkyl halides is 2. The monoisotopic (exact) mass is 356 g/mol. The van der Waals surface area contributed by atoms with Crippen molar-refractivity contribution in [3.8, 4) is 17.4 Å². The van der Waals surface area contributed by atoms with E-state index in [-0.39, 0.29) is 33.5 Å². The number of nitriles is 1. The van der Waals surface area contributed by atoms with E-state index >= 15 is 0 Å². The number of benzene rings is 1. The largest absolute Gasteiger partial charge is 0.453 e. The van der Waals surface area contributed by atoms with Crippen molar-refractivity contribution in [3.05, 3.63) is 58.0 Å². The van der Waals surface area contributed by atoms with E-state index in [0.717, 1.165) is 12.1 Å². The summed E-state index contributed by atoms with van der Waals surface area (Å²) in [5.74, 6) is -1.53. The molecule has 4 aromatic rings. The average Bonchev–Trinajstić information content (AvgIpc) is 3.09. The molecule has 0 saturated heterocycles. The van der Waals surface area contributed by atoms with Gasteiger partial charge in [0.15, 0.2) is 22.7 Å². The number of pyridine rings is 1. The zero-order valence-electron chi connectivity index (χ0n) is 12.8. The van der Waals surface area contributed by atoms with Crippen molar-refractivity contribution in [1.82, 2.24) is 15.0 Å². The van der Waals surface area contributed by atoms with E-state index in [0.29, 0.717) is 5.56 Å². The smallest absolute Gasteiger partial charge is 0.295 e. The molecule has 0 bridgehead atoms. The first-order valence-corrected chi connectivity index (χ1v) is 7.28. The molecule has 3 aromatic heterocycles. The lowest BCUT2D eigenvalue weighted by atomic mass is 10.1. The maximum absolute atomic E-state index is 14.1. The zero-order valence-corrected chi connectivity index (χ0v) is 12.8. The van der Waals surface area contributed by atoms with Crippen LogP contribution in [0.4, 0.5) is 13.2 Å². The van der Waals surface area contributed by atoms with Crippen LogP contribution in [0.1, 0.15) is 17.9 Å². The Hall–Kier alpha value is -3.67. The molecule has 0 atom stereocenters. The molecular weight excluding hydrogens is 349 g/mol. The third kappa shape index (κ3) is 2.39. The summed E-state index contributed by atoms with van der Waals surface area (Å²) in [6.07, 6.45) is -1.60. The van der Waals surface area contributed by atoms with Crippen LogP contribution in [0, 0.1) is 17.1 Å². The van der Waals surface area contributed by atoms with E-state index in [9.17, 15) is 18.0 Å². The van der Waals surface area contributed by atoms with Crippen molar-refractivity contribution in [2.45, 2.75) is 6.43 Å². The summed E-state index contributed by atoms with van der Waals surface area (Å²) >= 11 is 0. The van der Waals surface area contributed by atoms with Crippen molar-refractivity contribution in [1.29, 1.82) is 5.26 Å². The molecule has 0 saturated carbocycles. The second kappa shape index (κ2) is 5.70. The highest BCUT2D eigenvalue weighted by molar-refractivity contribution is 6.01. The number of H-pyrrole nitrogens is 1. The molecule has 0 aliphatic heterocycles. The van der Waals surface area contributed by atoms with E-state index < -0.39 is 23.5 Å². The quantitative estimate of drug-likeness (QED) is 0.591. The van der Waals surface area contributed by atoms with Crippen molar-refractivity contribution < 1.29 is 17.6 Å². The molecule has 1 aromatic carbocycles. The minimum atomic E-state index is -2.94. The minimum Gasteiger partial charge on any atom is -0.453 e. The number of rotatable bonds is 2. The van der Waals surface area contributed by atoms with Gasteiger partial charge in [-0.2, -0.15) is 5.26 Å². The number of halogens is 3. The summed E-state index contributed by atoms with van der Waals surface area (Å²) in [7, 11) is 0. The molecule has 4 rings (SSSR count). The van der Waals surface area contributed by atoms with Gasteiger partial charge in [-0.15, -0.1) is 0 Å². The zero-order chi connectivity index (χ0) is 18.4. The molecule has 0 aliphatic rings. The second-order valence-corrected chi connectivity index (χ2v) is 5.40. The predicted molar refractivity (Wildman–Crippen MR) is 85.0 cm³/mol. The number of aromatic amines is 1. The highest BCUT2D eigenvalue weighted by Crippen LogP contribution is 2.30. The van der Waals surface area contributed by atoms with Gasteiger partial charge < -0.3 is 9.40 Å². The average molecular weight is 356 g/mol. The van der Waals surface area contributed by atoms with Crippen LogP contribution in [-0.2, 0) is 0 Å². The molecule has 3 heterocycles. The Bertz CT molecular complexity index is 1250. The van der Waals surface area contributed by atoms with Gasteiger partial charge in [-0.05, 0) is 18.2 Å². The van der Waals surface area contributed by atoms with Crippen LogP contribution in [0.5, 0.6) is 0 Å². The van der Waals surface area contributed by atoms with Crippen LogP contribution in [0.15, 0.2) is 39.7 Å². The SMILES string of the molecule is N#Cc1ccc(-c2cc(=O)c3cc(F)c4nc(C(F)F)[nH]c4c3o2)cn1. The molecule has 0 unspecified atom stereocenters. The summed E-state index contributed by atoms with van der Waals surface area (Å²) in [6.45, 7) is 0. The topological polar surface area (TPSA) is 95.6 Å². The molecule has 0 aliphatic carbocycles. The van der Waals surface area contributed by atoms with Gasteiger partial charge in [0, 0.05) is 17.8 Å². The van der Waals surface area contributed by atoms with Crippen LogP contribution < -0.4 is 5.43 Å². The van der Waals surface area contributed by atoms with Gasteiger partial charge in [0.05, 0.1) is 5.39 Å². The summed E-state index contributed by atoms with van der Waals surface area (Å²) in [5, 5.41) is 8.68. The van der Waals surface area contributed by atoms with Crippen molar-refractivity contribution >= 4 is 22.0 Å². The summed E-state index contributed by atoms with van der Waals surface area (Å²) < 4.78 is 45.6. The molecule has 0 amide bonds. The lowest BCUT2D eigenvalue weighted by Gasteiger charge is -2.04. The molecule has 26 heavy (non-hydrogen) atoms. The van der Waals surface area contributed by atoms with Gasteiger partial charge in [0.1, 0.15) is 28.6 Å². The molecule has 128 valence electrons. The van der Waals surface area contributed by atoms with Crippen LogP contribution >= 0.6 is 0 Å². The van der Waals surface area contributed by atoms with E-state index in [4.69, 9.17) is 9.68 Å². The van der Waals surface area contributed by atoms with Crippen LogP contribution in [0.2, 0.25) is 0 Å². The Morgan fingerprint density at radius 2 is 2.08 bits per heavy atom. The first-order valence-electron chi connectivity index (χ1n) is 7.28. The van der Waals surface area contributed by atoms with Gasteiger partial charge >= 0.3 is 0 Å². The predicted octanol–water partition coefficient (Wildman–Crippen LogP) is 3.68. The molecule has 0 fully saturated rings. The van der Waals surface area contributed by atoms with Crippen molar-refractivity contribution in [2.75, 3.05) is 0 Å². The minimum absolute atomic E-state index is 0.0901. The van der Waals surface area contributed by atoms with Crippen LogP contribution in [-0.4, -0.2) is 15.0 Å². The molecular formula is C17H7F3N4O2. The Morgan fingerprint density at radius 3 is 2.73 bits per heavy atom. The number of hydrogen-bond acceptors (Lipinski definition) is 5. The maximum atomic E-state index is 14.1. The number of hydrogen-bond donors (Lipinski definition) is 1. The van der Waals surface area contributed by atoms with Gasteiger partial charge in [-0.3, -0.25) is 4.79 Å². The highest BCUT2D eigenvalue weighted by atomic mass is 19.3. The van der Waals surface area contributed by atoms with Gasteiger partial charge in [-0.25, -0.2) is 23.1 Å². The van der Waals surface area contributed by atoms with Gasteiger partial charge in [-0.1, -0.05) is 0 Å². The fraction of sp³-hybridized carbons (Fsp3) is 0.0588. The van der Waals surface area contributed by atoms with Gasteiger partial charge in [0.25, 0.3) is 6.43 Å². The molecule has 1 N–H and O–H groups in total. The maximum Gasteiger partial charge on any atom is 0.295 e. The Labute approximate surface area is 142 Å². The Morgan fingerprint density at radius 1 is 1.27 bits per heavy atom. The molecule has 0 radical (unpaired) electrons. The van der Waals surface area contributed by atoms with Crippen molar-refractivity contribution in [3.63, 3.8) is 0 Å². The number of nitrogens with one attached hydrogen (secondary N) is 1. The first-order chi connectivity index (χ1) is 12.5. The van der Waals surface area contributed by atoms with E-state index in [1.807, 2.05) is 6.07 Å². The molecule has 6 nitrogen and oxygen atoms in total. The standard InChI is InChI=1S/C17H7F3N4O2/c18-10-3-9-11(25)4-12(7-1-2-8(5-21)22-6-7)26-15(9)14-13(10)23-17(24-14)16(19)20/h1-4,6,16H,(H,23,24). The Kier molecular flexibility index (Phi) is 3.47. The third-order valence-corrected chi connectivity index (χ3v) is 3.80. The van der Waals surface area contributed by atoms with Crippen LogP contribution in [0.25, 0.3) is 33.3 Å². The number of nitrogens with zero attached hydrogens (tertiary/aromatic N) is 3. The second-order valence-electron chi connectivity index (χ2n) is 5.40. The Balaban J connectivity index is 2.03. The number of fused-ring (bicyclic) bond motifs is 3. The number of imidazole rings is 1. The fourth-order valence-corrected chi connectivity index (χ4v) is 2.60. The molecule has 0 spiro atoms. The lowest BCUT2D eigenvalue weighted by molar-refractivity contribution is 0.142. The fourth-order valence-electron chi connectivity index (χ4n) is 2.60. The van der Waals surface area contributed by atoms with E-state index in [1.165, 1.54) is 18.3 Å². The first kappa shape index (κ1) is 15.8. The summed E-state index contributed by atoms with van der Waals surface area (Å²) in [6, 6.07) is 6.86. The number of aromatic nitrogens is 3. The van der Waals surface area contributed by atoms with Crippen LogP contribution in [0.3, 0.4) is 0 Å². The van der Waals surface area contributed by atoms with Gasteiger partial charge in [0.2, 0.25) is 0 Å². The summed E-state index contributed by atoms with van der Waals surface area (Å²) in [4.78, 5) is 22.1. The lowest BCUT2D eigenvalue weighted by Crippen LogP contribution is -2.02. The summed E-state index contributed by atoms with van der Waals surface area (Å²) in [5.41, 5.74) is -0.542. The normalized spacial score (nSPS) is 11.3. The van der Waals surface area contributed by atoms with E-state index in [1.54, 1.807) is 0 Å². The molecule has 9 heteroatoms. The highest BCUT2D eigenvalue weighted by Gasteiger charge is 2.20. The van der Waals surface area contributed by atoms with Crippen molar-refractivity contribution in [2.24, 2.45) is 0 Å². The third-order valence-electron chi connectivity index (χ3n) is 3.80.